The molecule has 0 atom stereocenters. The van der Waals surface area contributed by atoms with E-state index < -0.39 is 0 Å². The number of guanidine groups is 1. The van der Waals surface area contributed by atoms with Crippen molar-refractivity contribution in [1.29, 1.82) is 0 Å². The Hall–Kier alpha value is -1.30. The van der Waals surface area contributed by atoms with Gasteiger partial charge in [-0.2, -0.15) is 0 Å². The third-order valence-electron chi connectivity index (χ3n) is 6.44. The normalized spacial score (nSPS) is 23.2. The highest BCUT2D eigenvalue weighted by Gasteiger charge is 2.39. The zero-order chi connectivity index (χ0) is 17.8. The number of nitrogens with one attached hydrogen (secondary N) is 1. The average molecular weight is 376 g/mol. The molecule has 1 N–H and O–H groups in total. The number of likely N-dealkylation sites (tertiary alicyclic amines) is 1. The first-order valence-corrected chi connectivity index (χ1v) is 11.3. The number of nitrogens with zero attached hydrogens (tertiary/aromatic N) is 4. The Bertz CT molecular complexity index is 613. The van der Waals surface area contributed by atoms with Crippen LogP contribution in [-0.2, 0) is 6.42 Å². The SMILES string of the molecule is CN=C(NCCc1csc(N2CCCC2)n1)N1CCC2(CCCCC2)C1. The van der Waals surface area contributed by atoms with Crippen LogP contribution in [0.3, 0.4) is 0 Å². The van der Waals surface area contributed by atoms with Crippen molar-refractivity contribution in [2.45, 2.75) is 57.8 Å². The van der Waals surface area contributed by atoms with Crippen LogP contribution in [0.1, 0.15) is 57.1 Å². The molecule has 6 heteroatoms. The first-order valence-electron chi connectivity index (χ1n) is 10.4. The van der Waals surface area contributed by atoms with Gasteiger partial charge in [0.05, 0.1) is 5.69 Å². The van der Waals surface area contributed by atoms with E-state index in [9.17, 15) is 0 Å². The number of hydrogen-bond donors (Lipinski definition) is 1. The van der Waals surface area contributed by atoms with Gasteiger partial charge in [0, 0.05) is 51.6 Å². The molecular weight excluding hydrogens is 342 g/mol. The van der Waals surface area contributed by atoms with Gasteiger partial charge >= 0.3 is 0 Å². The van der Waals surface area contributed by atoms with Gasteiger partial charge in [-0.25, -0.2) is 4.98 Å². The van der Waals surface area contributed by atoms with Gasteiger partial charge in [-0.05, 0) is 37.5 Å². The molecule has 144 valence electrons. The maximum absolute atomic E-state index is 4.83. The minimum Gasteiger partial charge on any atom is -0.356 e. The first kappa shape index (κ1) is 18.1. The summed E-state index contributed by atoms with van der Waals surface area (Å²) in [5.41, 5.74) is 1.79. The summed E-state index contributed by atoms with van der Waals surface area (Å²) in [6.45, 7) is 5.63. The van der Waals surface area contributed by atoms with Gasteiger partial charge in [-0.1, -0.05) is 19.3 Å². The lowest BCUT2D eigenvalue weighted by Crippen LogP contribution is -2.42. The van der Waals surface area contributed by atoms with Gasteiger partial charge < -0.3 is 15.1 Å². The van der Waals surface area contributed by atoms with E-state index in [0.29, 0.717) is 5.41 Å². The second-order valence-electron chi connectivity index (χ2n) is 8.27. The maximum atomic E-state index is 4.83. The number of anilines is 1. The summed E-state index contributed by atoms with van der Waals surface area (Å²) >= 11 is 1.80. The van der Waals surface area contributed by atoms with E-state index in [1.165, 1.54) is 81.8 Å². The van der Waals surface area contributed by atoms with E-state index in [-0.39, 0.29) is 0 Å². The van der Waals surface area contributed by atoms with Crippen LogP contribution in [0.5, 0.6) is 0 Å². The molecule has 26 heavy (non-hydrogen) atoms. The van der Waals surface area contributed by atoms with Crippen molar-refractivity contribution in [2.24, 2.45) is 10.4 Å². The van der Waals surface area contributed by atoms with E-state index in [0.717, 1.165) is 25.5 Å². The molecule has 1 aromatic rings. The molecule has 0 bridgehead atoms. The standard InChI is InChI=1S/C20H33N5S/c1-21-18(25-14-10-20(16-25)8-3-2-4-9-20)22-11-7-17-15-26-19(23-17)24-12-5-6-13-24/h15H,2-14,16H2,1H3,(H,21,22). The predicted molar refractivity (Wildman–Crippen MR) is 110 cm³/mol. The van der Waals surface area contributed by atoms with Crippen molar-refractivity contribution in [3.8, 4) is 0 Å². The van der Waals surface area contributed by atoms with Crippen LogP contribution < -0.4 is 10.2 Å². The molecule has 1 saturated carbocycles. The molecule has 5 nitrogen and oxygen atoms in total. The predicted octanol–water partition coefficient (Wildman–Crippen LogP) is 3.52. The quantitative estimate of drug-likeness (QED) is 0.646. The summed E-state index contributed by atoms with van der Waals surface area (Å²) in [5.74, 6) is 1.09. The highest BCUT2D eigenvalue weighted by atomic mass is 32.1. The molecule has 3 fully saturated rings. The number of thiazole rings is 1. The lowest BCUT2D eigenvalue weighted by molar-refractivity contribution is 0.203. The molecule has 2 aliphatic heterocycles. The fourth-order valence-corrected chi connectivity index (χ4v) is 5.84. The van der Waals surface area contributed by atoms with Crippen molar-refractivity contribution < 1.29 is 0 Å². The van der Waals surface area contributed by atoms with Crippen LogP contribution in [0.25, 0.3) is 0 Å². The molecule has 4 rings (SSSR count). The molecular formula is C20H33N5S. The molecule has 0 unspecified atom stereocenters. The van der Waals surface area contributed by atoms with Gasteiger partial charge in [-0.3, -0.25) is 4.99 Å². The third-order valence-corrected chi connectivity index (χ3v) is 7.39. The summed E-state index contributed by atoms with van der Waals surface area (Å²) in [4.78, 5) is 14.3. The summed E-state index contributed by atoms with van der Waals surface area (Å²) in [7, 11) is 1.92. The van der Waals surface area contributed by atoms with Gasteiger partial charge in [0.15, 0.2) is 11.1 Å². The Morgan fingerprint density at radius 1 is 1.15 bits per heavy atom. The van der Waals surface area contributed by atoms with Crippen molar-refractivity contribution in [3.63, 3.8) is 0 Å². The number of aliphatic imine (C=N–C) groups is 1. The molecule has 0 aromatic carbocycles. The van der Waals surface area contributed by atoms with E-state index >= 15 is 0 Å². The van der Waals surface area contributed by atoms with Crippen LogP contribution in [0.15, 0.2) is 10.4 Å². The number of aromatic nitrogens is 1. The Morgan fingerprint density at radius 3 is 2.73 bits per heavy atom. The lowest BCUT2D eigenvalue weighted by atomic mass is 9.73. The summed E-state index contributed by atoms with van der Waals surface area (Å²) in [6.07, 6.45) is 12.0. The van der Waals surface area contributed by atoms with Gasteiger partial charge in [0.1, 0.15) is 0 Å². The zero-order valence-electron chi connectivity index (χ0n) is 16.2. The highest BCUT2D eigenvalue weighted by Crippen LogP contribution is 2.43. The van der Waals surface area contributed by atoms with Crippen LogP contribution in [0.2, 0.25) is 0 Å². The van der Waals surface area contributed by atoms with Crippen molar-refractivity contribution in [3.05, 3.63) is 11.1 Å². The van der Waals surface area contributed by atoms with Crippen molar-refractivity contribution in [1.82, 2.24) is 15.2 Å². The molecule has 3 heterocycles. The van der Waals surface area contributed by atoms with E-state index in [1.54, 1.807) is 11.3 Å². The second kappa shape index (κ2) is 8.15. The van der Waals surface area contributed by atoms with E-state index in [2.05, 4.69) is 25.5 Å². The fourth-order valence-electron chi connectivity index (χ4n) is 4.93. The van der Waals surface area contributed by atoms with Gasteiger partial charge in [0.2, 0.25) is 0 Å². The molecule has 3 aliphatic rings. The minimum atomic E-state index is 0.579. The highest BCUT2D eigenvalue weighted by molar-refractivity contribution is 7.13. The van der Waals surface area contributed by atoms with Crippen molar-refractivity contribution in [2.75, 3.05) is 44.7 Å². The van der Waals surface area contributed by atoms with Crippen molar-refractivity contribution >= 4 is 22.4 Å². The van der Waals surface area contributed by atoms with Gasteiger partial charge in [0.25, 0.3) is 0 Å². The van der Waals surface area contributed by atoms with Crippen LogP contribution in [0, 0.1) is 5.41 Å². The topological polar surface area (TPSA) is 43.8 Å². The average Bonchev–Trinajstić information content (AvgIpc) is 3.41. The Balaban J connectivity index is 1.26. The van der Waals surface area contributed by atoms with Crippen LogP contribution in [0.4, 0.5) is 5.13 Å². The summed E-state index contributed by atoms with van der Waals surface area (Å²) < 4.78 is 0. The zero-order valence-corrected chi connectivity index (χ0v) is 17.0. The van der Waals surface area contributed by atoms with Crippen LogP contribution >= 0.6 is 11.3 Å². The monoisotopic (exact) mass is 375 g/mol. The number of rotatable bonds is 4. The second-order valence-corrected chi connectivity index (χ2v) is 9.11. The van der Waals surface area contributed by atoms with E-state index in [4.69, 9.17) is 4.98 Å². The summed E-state index contributed by atoms with van der Waals surface area (Å²) in [5, 5.41) is 7.02. The number of hydrogen-bond acceptors (Lipinski definition) is 4. The molecule has 1 aliphatic carbocycles. The Labute approximate surface area is 161 Å². The van der Waals surface area contributed by atoms with E-state index in [1.807, 2.05) is 7.05 Å². The molecule has 0 radical (unpaired) electrons. The Kier molecular flexibility index (Phi) is 5.67. The minimum absolute atomic E-state index is 0.579. The third kappa shape index (κ3) is 4.00. The smallest absolute Gasteiger partial charge is 0.193 e. The Morgan fingerprint density at radius 2 is 1.96 bits per heavy atom. The largest absolute Gasteiger partial charge is 0.356 e. The lowest BCUT2D eigenvalue weighted by Gasteiger charge is -2.33. The molecule has 1 spiro atoms. The first-order chi connectivity index (χ1) is 12.8. The fraction of sp³-hybridized carbons (Fsp3) is 0.800. The summed E-state index contributed by atoms with van der Waals surface area (Å²) in [6, 6.07) is 0. The maximum Gasteiger partial charge on any atom is 0.193 e. The molecule has 0 amide bonds. The van der Waals surface area contributed by atoms with Gasteiger partial charge in [-0.15, -0.1) is 11.3 Å². The molecule has 1 aromatic heterocycles. The molecule has 2 saturated heterocycles. The van der Waals surface area contributed by atoms with Crippen LogP contribution in [-0.4, -0.2) is 55.6 Å².